The maximum Gasteiger partial charge on any atom is 0.253 e. The largest absolute Gasteiger partial charge is 0.339 e. The Morgan fingerprint density at radius 3 is 2.68 bits per heavy atom. The van der Waals surface area contributed by atoms with Crippen LogP contribution in [-0.2, 0) is 0 Å². The normalized spacial score (nSPS) is 16.7. The van der Waals surface area contributed by atoms with Crippen LogP contribution in [0.2, 0.25) is 5.02 Å². The molecular formula is C14H18ClIN2O. The number of hydrogen-bond acceptors (Lipinski definition) is 2. The number of benzene rings is 1. The van der Waals surface area contributed by atoms with Gasteiger partial charge in [0.15, 0.2) is 0 Å². The van der Waals surface area contributed by atoms with Crippen LogP contribution in [0, 0.1) is 9.49 Å². The number of nitrogens with zero attached hydrogens (tertiary/aromatic N) is 1. The molecule has 1 heterocycles. The van der Waals surface area contributed by atoms with Gasteiger partial charge in [0.25, 0.3) is 5.91 Å². The zero-order valence-corrected chi connectivity index (χ0v) is 13.7. The predicted molar refractivity (Wildman–Crippen MR) is 86.5 cm³/mol. The van der Waals surface area contributed by atoms with Gasteiger partial charge >= 0.3 is 0 Å². The topological polar surface area (TPSA) is 46.3 Å². The van der Waals surface area contributed by atoms with E-state index < -0.39 is 0 Å². The van der Waals surface area contributed by atoms with Crippen molar-refractivity contribution in [3.05, 3.63) is 32.4 Å². The monoisotopic (exact) mass is 392 g/mol. The van der Waals surface area contributed by atoms with Crippen molar-refractivity contribution in [2.24, 2.45) is 11.7 Å². The molecule has 3 nitrogen and oxygen atoms in total. The molecule has 0 atom stereocenters. The number of halogens is 2. The lowest BCUT2D eigenvalue weighted by Crippen LogP contribution is -2.38. The van der Waals surface area contributed by atoms with Gasteiger partial charge in [-0.25, -0.2) is 0 Å². The average molecular weight is 393 g/mol. The van der Waals surface area contributed by atoms with E-state index in [0.717, 1.165) is 42.5 Å². The van der Waals surface area contributed by atoms with Crippen LogP contribution in [0.1, 0.15) is 29.6 Å². The second-order valence-corrected chi connectivity index (χ2v) is 6.51. The van der Waals surface area contributed by atoms with E-state index in [1.165, 1.54) is 0 Å². The van der Waals surface area contributed by atoms with E-state index in [0.29, 0.717) is 16.5 Å². The third-order valence-corrected chi connectivity index (χ3v) is 5.22. The average Bonchev–Trinajstić information content (AvgIpc) is 2.42. The third kappa shape index (κ3) is 3.83. The van der Waals surface area contributed by atoms with E-state index in [1.54, 1.807) is 6.07 Å². The number of carbonyl (C=O) groups is 1. The predicted octanol–water partition coefficient (Wildman–Crippen LogP) is 3.15. The van der Waals surface area contributed by atoms with Gasteiger partial charge in [-0.2, -0.15) is 0 Å². The number of carbonyl (C=O) groups excluding carboxylic acids is 1. The zero-order valence-electron chi connectivity index (χ0n) is 10.7. The van der Waals surface area contributed by atoms with Gasteiger partial charge in [-0.05, 0) is 72.5 Å². The van der Waals surface area contributed by atoms with E-state index in [1.807, 2.05) is 17.0 Å². The maximum atomic E-state index is 12.4. The summed E-state index contributed by atoms with van der Waals surface area (Å²) in [6.45, 7) is 2.39. The molecule has 0 unspecified atom stereocenters. The Kier molecular flexibility index (Phi) is 5.47. The smallest absolute Gasteiger partial charge is 0.253 e. The SMILES string of the molecule is NCCC1CCN(C(=O)c2ccc(I)c(Cl)c2)CC1. The summed E-state index contributed by atoms with van der Waals surface area (Å²) in [6, 6.07) is 5.50. The molecule has 0 aliphatic carbocycles. The van der Waals surface area contributed by atoms with Crippen molar-refractivity contribution in [1.82, 2.24) is 4.90 Å². The minimum absolute atomic E-state index is 0.0875. The van der Waals surface area contributed by atoms with Crippen LogP contribution in [0.5, 0.6) is 0 Å². The highest BCUT2D eigenvalue weighted by molar-refractivity contribution is 14.1. The molecule has 1 saturated heterocycles. The molecule has 0 radical (unpaired) electrons. The fraction of sp³-hybridized carbons (Fsp3) is 0.500. The molecule has 1 aromatic carbocycles. The summed E-state index contributed by atoms with van der Waals surface area (Å²) in [5.41, 5.74) is 6.26. The molecule has 1 aliphatic rings. The van der Waals surface area contributed by atoms with Crippen LogP contribution >= 0.6 is 34.2 Å². The lowest BCUT2D eigenvalue weighted by atomic mass is 9.93. The Morgan fingerprint density at radius 1 is 1.42 bits per heavy atom. The van der Waals surface area contributed by atoms with Crippen LogP contribution < -0.4 is 5.73 Å². The van der Waals surface area contributed by atoms with Crippen LogP contribution in [0.15, 0.2) is 18.2 Å². The Morgan fingerprint density at radius 2 is 2.11 bits per heavy atom. The van der Waals surface area contributed by atoms with E-state index in [9.17, 15) is 4.79 Å². The number of hydrogen-bond donors (Lipinski definition) is 1. The standard InChI is InChI=1S/C14H18ClIN2O/c15-12-9-11(1-2-13(12)16)14(19)18-7-4-10(3-6-17)5-8-18/h1-2,9-10H,3-8,17H2. The second kappa shape index (κ2) is 6.90. The molecule has 2 N–H and O–H groups in total. The van der Waals surface area contributed by atoms with Crippen molar-refractivity contribution in [3.8, 4) is 0 Å². The van der Waals surface area contributed by atoms with Crippen LogP contribution in [0.3, 0.4) is 0 Å². The molecule has 0 spiro atoms. The lowest BCUT2D eigenvalue weighted by Gasteiger charge is -2.32. The van der Waals surface area contributed by atoms with E-state index in [2.05, 4.69) is 22.6 Å². The van der Waals surface area contributed by atoms with Crippen molar-refractivity contribution in [2.45, 2.75) is 19.3 Å². The summed E-state index contributed by atoms with van der Waals surface area (Å²) in [4.78, 5) is 14.3. The van der Waals surface area contributed by atoms with Crippen molar-refractivity contribution in [1.29, 1.82) is 0 Å². The molecule has 0 bridgehead atoms. The third-order valence-electron chi connectivity index (χ3n) is 3.64. The van der Waals surface area contributed by atoms with Gasteiger partial charge in [0.05, 0.1) is 5.02 Å². The minimum atomic E-state index is 0.0875. The summed E-state index contributed by atoms with van der Waals surface area (Å²) >= 11 is 8.23. The van der Waals surface area contributed by atoms with Gasteiger partial charge < -0.3 is 10.6 Å². The van der Waals surface area contributed by atoms with Crippen LogP contribution in [-0.4, -0.2) is 30.4 Å². The Hall–Kier alpha value is -0.330. The highest BCUT2D eigenvalue weighted by Crippen LogP contribution is 2.24. The highest BCUT2D eigenvalue weighted by atomic mass is 127. The Labute approximate surface area is 132 Å². The van der Waals surface area contributed by atoms with Gasteiger partial charge in [0.2, 0.25) is 0 Å². The number of piperidine rings is 1. The molecule has 1 fully saturated rings. The molecule has 19 heavy (non-hydrogen) atoms. The van der Waals surface area contributed by atoms with E-state index in [4.69, 9.17) is 17.3 Å². The number of nitrogens with two attached hydrogens (primary N) is 1. The summed E-state index contributed by atoms with van der Waals surface area (Å²) < 4.78 is 0.970. The molecule has 0 saturated carbocycles. The molecule has 2 rings (SSSR count). The minimum Gasteiger partial charge on any atom is -0.339 e. The van der Waals surface area contributed by atoms with Crippen molar-refractivity contribution < 1.29 is 4.79 Å². The number of likely N-dealkylation sites (tertiary alicyclic amines) is 1. The number of amides is 1. The fourth-order valence-corrected chi connectivity index (χ4v) is 2.99. The van der Waals surface area contributed by atoms with Crippen molar-refractivity contribution in [2.75, 3.05) is 19.6 Å². The van der Waals surface area contributed by atoms with E-state index in [-0.39, 0.29) is 5.91 Å². The van der Waals surface area contributed by atoms with Gasteiger partial charge in [-0.15, -0.1) is 0 Å². The van der Waals surface area contributed by atoms with Crippen LogP contribution in [0.4, 0.5) is 0 Å². The van der Waals surface area contributed by atoms with Gasteiger partial charge in [0, 0.05) is 22.2 Å². The van der Waals surface area contributed by atoms with Crippen molar-refractivity contribution in [3.63, 3.8) is 0 Å². The first-order valence-corrected chi connectivity index (χ1v) is 8.02. The Balaban J connectivity index is 1.99. The molecule has 1 aliphatic heterocycles. The van der Waals surface area contributed by atoms with Crippen molar-refractivity contribution >= 4 is 40.1 Å². The molecule has 1 aromatic rings. The first kappa shape index (κ1) is 15.1. The quantitative estimate of drug-likeness (QED) is 0.803. The van der Waals surface area contributed by atoms with E-state index >= 15 is 0 Å². The second-order valence-electron chi connectivity index (χ2n) is 4.94. The maximum absolute atomic E-state index is 12.4. The first-order valence-electron chi connectivity index (χ1n) is 6.56. The molecule has 5 heteroatoms. The summed E-state index contributed by atoms with van der Waals surface area (Å²) in [5, 5.41) is 0.643. The first-order chi connectivity index (χ1) is 9.11. The molecule has 0 aromatic heterocycles. The van der Waals surface area contributed by atoms with Gasteiger partial charge in [-0.3, -0.25) is 4.79 Å². The summed E-state index contributed by atoms with van der Waals surface area (Å²) in [5.74, 6) is 0.763. The fourth-order valence-electron chi connectivity index (χ4n) is 2.47. The zero-order chi connectivity index (χ0) is 13.8. The lowest BCUT2D eigenvalue weighted by molar-refractivity contribution is 0.0688. The Bertz CT molecular complexity index is 459. The summed E-state index contributed by atoms with van der Waals surface area (Å²) in [7, 11) is 0. The van der Waals surface area contributed by atoms with Gasteiger partial charge in [-0.1, -0.05) is 11.6 Å². The van der Waals surface area contributed by atoms with Gasteiger partial charge in [0.1, 0.15) is 0 Å². The highest BCUT2D eigenvalue weighted by Gasteiger charge is 2.23. The molecule has 104 valence electrons. The molecule has 1 amide bonds. The molecular weight excluding hydrogens is 375 g/mol. The summed E-state index contributed by atoms with van der Waals surface area (Å²) in [6.07, 6.45) is 3.18. The number of rotatable bonds is 3. The van der Waals surface area contributed by atoms with Crippen LogP contribution in [0.25, 0.3) is 0 Å².